The Morgan fingerprint density at radius 1 is 1.12 bits per heavy atom. The third-order valence-corrected chi connectivity index (χ3v) is 6.79. The quantitative estimate of drug-likeness (QED) is 0.354. The van der Waals surface area contributed by atoms with Crippen LogP contribution in [0.5, 0.6) is 0 Å². The van der Waals surface area contributed by atoms with Crippen LogP contribution in [-0.2, 0) is 19.1 Å². The van der Waals surface area contributed by atoms with Crippen LogP contribution in [0.3, 0.4) is 0 Å². The van der Waals surface area contributed by atoms with Crippen molar-refractivity contribution in [1.82, 2.24) is 9.80 Å². The number of guanidine groups is 1. The van der Waals surface area contributed by atoms with E-state index < -0.39 is 24.3 Å². The molecule has 1 amide bonds. The Bertz CT molecular complexity index is 647. The van der Waals surface area contributed by atoms with E-state index in [9.17, 15) is 9.59 Å². The number of carbonyl (C=O) groups is 2. The Hall–Kier alpha value is -1.75. The van der Waals surface area contributed by atoms with Gasteiger partial charge in [0.15, 0.2) is 5.96 Å². The number of carbonyl (C=O) groups excluding carboxylic acids is 1. The number of nitrogens with zero attached hydrogens (tertiary/aromatic N) is 3. The first-order valence-electron chi connectivity index (χ1n) is 12.0. The highest BCUT2D eigenvalue weighted by atomic mass is 16.5. The summed E-state index contributed by atoms with van der Waals surface area (Å²) in [5, 5.41) is 8.74. The van der Waals surface area contributed by atoms with Crippen LogP contribution in [0.4, 0.5) is 0 Å². The number of aliphatic carboxylic acids is 1. The van der Waals surface area contributed by atoms with Crippen LogP contribution < -0.4 is 11.5 Å². The van der Waals surface area contributed by atoms with Gasteiger partial charge in [-0.15, -0.1) is 0 Å². The van der Waals surface area contributed by atoms with Gasteiger partial charge >= 0.3 is 5.97 Å². The van der Waals surface area contributed by atoms with Crippen LogP contribution >= 0.6 is 0 Å². The van der Waals surface area contributed by atoms with Crippen LogP contribution in [0.2, 0.25) is 0 Å². The second kappa shape index (κ2) is 12.5. The largest absolute Gasteiger partial charge is 0.481 e. The predicted molar refractivity (Wildman–Crippen MR) is 120 cm³/mol. The van der Waals surface area contributed by atoms with E-state index in [2.05, 4.69) is 9.89 Å². The van der Waals surface area contributed by atoms with E-state index in [4.69, 9.17) is 26.0 Å². The van der Waals surface area contributed by atoms with Gasteiger partial charge < -0.3 is 30.9 Å². The van der Waals surface area contributed by atoms with Crippen LogP contribution in [0, 0.1) is 0 Å². The van der Waals surface area contributed by atoms with E-state index >= 15 is 0 Å². The summed E-state index contributed by atoms with van der Waals surface area (Å²) in [7, 11) is 0. The molecule has 3 heterocycles. The molecule has 0 spiro atoms. The molecule has 0 aromatic rings. The van der Waals surface area contributed by atoms with Gasteiger partial charge in [-0.1, -0.05) is 6.42 Å². The molecule has 10 nitrogen and oxygen atoms in total. The van der Waals surface area contributed by atoms with Crippen molar-refractivity contribution in [3.05, 3.63) is 0 Å². The van der Waals surface area contributed by atoms with Gasteiger partial charge in [-0.05, 0) is 51.5 Å². The van der Waals surface area contributed by atoms with Crippen LogP contribution in [0.15, 0.2) is 4.99 Å². The van der Waals surface area contributed by atoms with Crippen molar-refractivity contribution >= 4 is 17.8 Å². The Kier molecular flexibility index (Phi) is 9.70. The molecule has 0 radical (unpaired) electrons. The van der Waals surface area contributed by atoms with Gasteiger partial charge in [0.05, 0.1) is 25.2 Å². The molecule has 0 aliphatic carbocycles. The highest BCUT2D eigenvalue weighted by Gasteiger charge is 2.30. The lowest BCUT2D eigenvalue weighted by atomic mass is 9.95. The zero-order valence-corrected chi connectivity index (χ0v) is 19.0. The van der Waals surface area contributed by atoms with Crippen molar-refractivity contribution in [2.24, 2.45) is 16.5 Å². The number of likely N-dealkylation sites (tertiary alicyclic amines) is 2. The van der Waals surface area contributed by atoms with E-state index in [1.807, 2.05) is 4.90 Å². The number of hydrogen-bond acceptors (Lipinski definition) is 6. The van der Waals surface area contributed by atoms with Gasteiger partial charge in [0, 0.05) is 38.4 Å². The summed E-state index contributed by atoms with van der Waals surface area (Å²) >= 11 is 0. The molecule has 3 aliphatic heterocycles. The Balaban J connectivity index is 1.38. The van der Waals surface area contributed by atoms with E-state index in [1.165, 1.54) is 32.2 Å². The number of amides is 1. The highest BCUT2D eigenvalue weighted by Crippen LogP contribution is 2.26. The van der Waals surface area contributed by atoms with Gasteiger partial charge in [0.2, 0.25) is 0 Å². The summed E-state index contributed by atoms with van der Waals surface area (Å²) < 4.78 is 11.9. The van der Waals surface area contributed by atoms with Gasteiger partial charge in [-0.3, -0.25) is 14.5 Å². The molecule has 5 N–H and O–H groups in total. The summed E-state index contributed by atoms with van der Waals surface area (Å²) in [5.41, 5.74) is 11.5. The maximum atomic E-state index is 11.9. The molecule has 32 heavy (non-hydrogen) atoms. The van der Waals surface area contributed by atoms with Gasteiger partial charge in [0.25, 0.3) is 5.91 Å². The van der Waals surface area contributed by atoms with Crippen molar-refractivity contribution in [1.29, 1.82) is 0 Å². The zero-order valence-electron chi connectivity index (χ0n) is 19.0. The fourth-order valence-corrected chi connectivity index (χ4v) is 4.96. The molecule has 3 atom stereocenters. The molecule has 3 fully saturated rings. The topological polar surface area (TPSA) is 144 Å². The van der Waals surface area contributed by atoms with Crippen LogP contribution in [0.25, 0.3) is 0 Å². The van der Waals surface area contributed by atoms with E-state index in [-0.39, 0.29) is 12.1 Å². The third kappa shape index (κ3) is 7.40. The van der Waals surface area contributed by atoms with E-state index in [0.717, 1.165) is 45.5 Å². The first kappa shape index (κ1) is 24.9. The van der Waals surface area contributed by atoms with Crippen molar-refractivity contribution in [3.63, 3.8) is 0 Å². The number of rotatable bonds is 8. The minimum atomic E-state index is -1.17. The molecule has 3 aliphatic rings. The Morgan fingerprint density at radius 2 is 1.91 bits per heavy atom. The average molecular weight is 454 g/mol. The van der Waals surface area contributed by atoms with E-state index in [1.54, 1.807) is 0 Å². The predicted octanol–water partition coefficient (Wildman–Crippen LogP) is 0.534. The summed E-state index contributed by atoms with van der Waals surface area (Å²) in [4.78, 5) is 30.9. The lowest BCUT2D eigenvalue weighted by Crippen LogP contribution is -2.50. The molecule has 1 unspecified atom stereocenters. The first-order valence-corrected chi connectivity index (χ1v) is 12.0. The van der Waals surface area contributed by atoms with Gasteiger partial charge in [-0.25, -0.2) is 0 Å². The molecular weight excluding hydrogens is 414 g/mol. The fraction of sp³-hybridized carbons (Fsp3) is 0.864. The molecular formula is C22H39N5O5. The van der Waals surface area contributed by atoms with E-state index in [0.29, 0.717) is 25.2 Å². The molecule has 0 aromatic carbocycles. The molecule has 182 valence electrons. The van der Waals surface area contributed by atoms with Crippen molar-refractivity contribution in [2.45, 2.75) is 82.0 Å². The van der Waals surface area contributed by atoms with Crippen molar-refractivity contribution in [3.8, 4) is 0 Å². The number of nitrogens with two attached hydrogens (primary N) is 2. The molecule has 3 rings (SSSR count). The van der Waals surface area contributed by atoms with Gasteiger partial charge in [-0.2, -0.15) is 4.99 Å². The monoisotopic (exact) mass is 453 g/mol. The van der Waals surface area contributed by atoms with Gasteiger partial charge in [0.1, 0.15) is 0 Å². The summed E-state index contributed by atoms with van der Waals surface area (Å²) in [6.45, 7) is 4.99. The average Bonchev–Trinajstić information content (AvgIpc) is 2.80. The second-order valence-corrected chi connectivity index (χ2v) is 9.12. The van der Waals surface area contributed by atoms with Crippen LogP contribution in [-0.4, -0.2) is 96.4 Å². The Labute approximate surface area is 190 Å². The normalized spacial score (nSPS) is 27.3. The van der Waals surface area contributed by atoms with Crippen molar-refractivity contribution < 1.29 is 24.2 Å². The molecule has 3 saturated heterocycles. The minimum Gasteiger partial charge on any atom is -0.481 e. The number of hydrogen-bond donors (Lipinski definition) is 3. The number of aliphatic imine (C=N–C) groups is 1. The first-order chi connectivity index (χ1) is 15.4. The number of carboxylic acids is 1. The minimum absolute atomic E-state index is 0.0989. The van der Waals surface area contributed by atoms with Crippen molar-refractivity contribution in [2.75, 3.05) is 39.5 Å². The fourth-order valence-electron chi connectivity index (χ4n) is 4.96. The second-order valence-electron chi connectivity index (χ2n) is 9.12. The SMILES string of the molecule is NC(=NC(=O)C(N)CC(=O)O)N1CCC(OCC[C@@H]2CCCCN2[C@H]2CCCOC2)CC1. The maximum absolute atomic E-state index is 11.9. The molecule has 0 aromatic heterocycles. The number of piperidine rings is 2. The summed E-state index contributed by atoms with van der Waals surface area (Å²) in [5.74, 6) is -1.74. The van der Waals surface area contributed by atoms with Crippen LogP contribution in [0.1, 0.15) is 57.8 Å². The highest BCUT2D eigenvalue weighted by molar-refractivity contribution is 5.96. The lowest BCUT2D eigenvalue weighted by molar-refractivity contribution is -0.139. The zero-order chi connectivity index (χ0) is 22.9. The third-order valence-electron chi connectivity index (χ3n) is 6.79. The standard InChI is InChI=1S/C22H39N5O5/c23-19(14-20(28)29)21(30)25-22(24)26-10-6-18(7-11-26)32-13-8-16-4-1-2-9-27(16)17-5-3-12-31-15-17/h16-19H,1-15,23H2,(H,28,29)(H2,24,25,30)/t16-,17-,19?/m0/s1. The summed E-state index contributed by atoms with van der Waals surface area (Å²) in [6.07, 6.45) is 8.61. The lowest BCUT2D eigenvalue weighted by Gasteiger charge is -2.43. The Morgan fingerprint density at radius 3 is 2.59 bits per heavy atom. The maximum Gasteiger partial charge on any atom is 0.305 e. The summed E-state index contributed by atoms with van der Waals surface area (Å²) in [6, 6.07) is -0.0309. The molecule has 10 heteroatoms. The number of carboxylic acid groups (broad SMARTS) is 1. The molecule has 0 saturated carbocycles. The smallest absolute Gasteiger partial charge is 0.305 e. The molecule has 0 bridgehead atoms. The number of ether oxygens (including phenoxy) is 2.